The molecule has 1 N–H and O–H groups in total. The molecule has 3 aliphatic heterocycles. The molecule has 0 aromatic rings. The number of aliphatic hydroxyl groups is 1. The Morgan fingerprint density at radius 1 is 1.07 bits per heavy atom. The van der Waals surface area contributed by atoms with Crippen molar-refractivity contribution >= 4 is 11.8 Å². The number of hydrogen-bond donors (Lipinski definition) is 1. The van der Waals surface area contributed by atoms with Gasteiger partial charge in [-0.25, -0.2) is 0 Å². The lowest BCUT2D eigenvalue weighted by atomic mass is 9.74. The third-order valence-corrected chi connectivity index (χ3v) is 10.5. The Bertz CT molecular complexity index is 927. The number of carbonyl (C=O) groups excluding carboxylic acids is 2. The molecule has 44 heavy (non-hydrogen) atoms. The van der Waals surface area contributed by atoms with Gasteiger partial charge in [0.1, 0.15) is 18.1 Å². The molecule has 0 amide bonds. The smallest absolute Gasteiger partial charge is 0.319 e. The van der Waals surface area contributed by atoms with Crippen LogP contribution in [-0.4, -0.2) is 135 Å². The number of nitrogens with zero attached hydrogens (tertiary/aromatic N) is 3. The molecule has 256 valence electrons. The van der Waals surface area contributed by atoms with Crippen LogP contribution in [0.4, 0.5) is 0 Å². The first-order chi connectivity index (χ1) is 20.6. The van der Waals surface area contributed by atoms with Crippen molar-refractivity contribution in [3.05, 3.63) is 0 Å². The van der Waals surface area contributed by atoms with E-state index in [1.165, 1.54) is 19.3 Å². The van der Waals surface area contributed by atoms with Gasteiger partial charge in [-0.05, 0) is 113 Å². The molecule has 0 radical (unpaired) electrons. The van der Waals surface area contributed by atoms with Gasteiger partial charge in [0.15, 0.2) is 12.1 Å². The van der Waals surface area contributed by atoms with Crippen molar-refractivity contribution in [1.29, 1.82) is 0 Å². The predicted molar refractivity (Wildman–Crippen MR) is 171 cm³/mol. The van der Waals surface area contributed by atoms with E-state index < -0.39 is 41.4 Å². The summed E-state index contributed by atoms with van der Waals surface area (Å²) >= 11 is 0. The molecule has 10 nitrogen and oxygen atoms in total. The van der Waals surface area contributed by atoms with Crippen LogP contribution in [0.15, 0.2) is 0 Å². The van der Waals surface area contributed by atoms with Crippen molar-refractivity contribution in [1.82, 2.24) is 14.7 Å². The second kappa shape index (κ2) is 16.1. The number of methoxy groups -OCH3 is 1. The SMILES string of the molecule is CO[C@]1(C)C[C@@H](C)CN(C)[C@H](CCCN2CCCCC2)COC(=O)C(C)(C)C(=O)[C@H](C)[C@H]1O[C@@H]1O[C@H](C)C[C@H](N(C)C)[C@H]1O. The third-order valence-electron chi connectivity index (χ3n) is 10.5. The lowest BCUT2D eigenvalue weighted by Gasteiger charge is -2.47. The summed E-state index contributed by atoms with van der Waals surface area (Å²) < 4.78 is 24.9. The molecule has 10 heteroatoms. The molecule has 0 saturated carbocycles. The molecule has 3 rings (SSSR count). The minimum Gasteiger partial charge on any atom is -0.463 e. The Kier molecular flexibility index (Phi) is 13.7. The molecule has 0 aromatic carbocycles. The van der Waals surface area contributed by atoms with Crippen molar-refractivity contribution in [3.8, 4) is 0 Å². The number of aliphatic hydroxyl groups excluding tert-OH is 1. The quantitative estimate of drug-likeness (QED) is 0.318. The Hall–Kier alpha value is -1.14. The van der Waals surface area contributed by atoms with Crippen LogP contribution in [0.3, 0.4) is 0 Å². The standard InChI is InChI=1S/C34H63N3O7/c1-23-20-34(6,41-10)30(44-31-28(38)27(35(7)8)19-24(2)43-31)25(3)29(39)33(4,5)32(40)42-22-26(36(9)21-23)15-14-18-37-16-12-11-13-17-37/h23-28,30-31,38H,11-22H2,1-10H3/t23-,24-,25+,26-,27+,28-,30-,31+,34-/m1/s1. The Morgan fingerprint density at radius 3 is 2.34 bits per heavy atom. The topological polar surface area (TPSA) is 101 Å². The maximum atomic E-state index is 14.2. The van der Waals surface area contributed by atoms with Gasteiger partial charge in [0.2, 0.25) is 0 Å². The summed E-state index contributed by atoms with van der Waals surface area (Å²) in [6.45, 7) is 15.6. The van der Waals surface area contributed by atoms with Crippen LogP contribution in [0.2, 0.25) is 0 Å². The molecule has 3 aliphatic rings. The van der Waals surface area contributed by atoms with Crippen molar-refractivity contribution in [2.75, 3.05) is 61.0 Å². The zero-order chi connectivity index (χ0) is 32.8. The van der Waals surface area contributed by atoms with E-state index in [0.717, 1.165) is 39.0 Å². The van der Waals surface area contributed by atoms with Crippen LogP contribution in [0, 0.1) is 17.3 Å². The number of piperidine rings is 1. The normalized spacial score (nSPS) is 38.9. The average molecular weight is 626 g/mol. The number of carbonyl (C=O) groups is 2. The fraction of sp³-hybridized carbons (Fsp3) is 0.941. The number of Topliss-reactive ketones (excluding diaryl/α,β-unsaturated/α-hetero) is 1. The first kappa shape index (κ1) is 37.3. The molecule has 3 saturated heterocycles. The van der Waals surface area contributed by atoms with Gasteiger partial charge in [0, 0.05) is 31.7 Å². The van der Waals surface area contributed by atoms with Crippen LogP contribution in [-0.2, 0) is 28.5 Å². The molecule has 3 heterocycles. The average Bonchev–Trinajstić information content (AvgIpc) is 2.97. The van der Waals surface area contributed by atoms with Crippen molar-refractivity contribution in [2.45, 2.75) is 129 Å². The Morgan fingerprint density at radius 2 is 1.73 bits per heavy atom. The second-order valence-electron chi connectivity index (χ2n) is 15.0. The summed E-state index contributed by atoms with van der Waals surface area (Å²) in [5.74, 6) is -1.36. The maximum Gasteiger partial charge on any atom is 0.319 e. The van der Waals surface area contributed by atoms with Crippen LogP contribution in [0.25, 0.3) is 0 Å². The monoisotopic (exact) mass is 625 g/mol. The second-order valence-corrected chi connectivity index (χ2v) is 15.0. The van der Waals surface area contributed by atoms with Gasteiger partial charge in [-0.1, -0.05) is 20.3 Å². The van der Waals surface area contributed by atoms with Crippen LogP contribution >= 0.6 is 0 Å². The molecule has 0 aromatic heterocycles. The van der Waals surface area contributed by atoms with E-state index >= 15 is 0 Å². The lowest BCUT2D eigenvalue weighted by Crippen LogP contribution is -2.59. The molecule has 9 atom stereocenters. The minimum atomic E-state index is -1.39. The number of rotatable bonds is 8. The Balaban J connectivity index is 1.88. The lowest BCUT2D eigenvalue weighted by molar-refractivity contribution is -0.295. The van der Waals surface area contributed by atoms with Gasteiger partial charge in [0.25, 0.3) is 0 Å². The largest absolute Gasteiger partial charge is 0.463 e. The minimum absolute atomic E-state index is 0.0476. The number of hydrogen-bond acceptors (Lipinski definition) is 10. The number of ketones is 1. The third kappa shape index (κ3) is 9.23. The van der Waals surface area contributed by atoms with E-state index in [4.69, 9.17) is 18.9 Å². The van der Waals surface area contributed by atoms with E-state index in [1.807, 2.05) is 32.8 Å². The van der Waals surface area contributed by atoms with Gasteiger partial charge < -0.3 is 33.9 Å². The maximum absolute atomic E-state index is 14.2. The van der Waals surface area contributed by atoms with Gasteiger partial charge in [-0.2, -0.15) is 0 Å². The van der Waals surface area contributed by atoms with Crippen molar-refractivity contribution in [3.63, 3.8) is 0 Å². The highest BCUT2D eigenvalue weighted by Crippen LogP contribution is 2.38. The number of esters is 1. The van der Waals surface area contributed by atoms with E-state index in [1.54, 1.807) is 27.9 Å². The highest BCUT2D eigenvalue weighted by molar-refractivity contribution is 6.04. The van der Waals surface area contributed by atoms with Crippen LogP contribution in [0.5, 0.6) is 0 Å². The zero-order valence-electron chi connectivity index (χ0n) is 29.3. The summed E-state index contributed by atoms with van der Waals surface area (Å²) in [5, 5.41) is 11.3. The number of likely N-dealkylation sites (tertiary alicyclic amines) is 1. The number of ether oxygens (including phenoxy) is 4. The van der Waals surface area contributed by atoms with Gasteiger partial charge in [-0.3, -0.25) is 14.5 Å². The summed E-state index contributed by atoms with van der Waals surface area (Å²) in [6.07, 6.45) is 4.28. The number of likely N-dealkylation sites (N-methyl/N-ethyl adjacent to an activating group) is 2. The molecule has 0 aliphatic carbocycles. The van der Waals surface area contributed by atoms with Gasteiger partial charge >= 0.3 is 5.97 Å². The number of cyclic esters (lactones) is 1. The Labute approximate surface area is 267 Å². The van der Waals surface area contributed by atoms with Crippen LogP contribution in [0.1, 0.15) is 86.5 Å². The summed E-state index contributed by atoms with van der Waals surface area (Å²) in [4.78, 5) is 34.5. The fourth-order valence-corrected chi connectivity index (χ4v) is 7.63. The summed E-state index contributed by atoms with van der Waals surface area (Å²) in [7, 11) is 7.61. The predicted octanol–water partition coefficient (Wildman–Crippen LogP) is 3.58. The first-order valence-corrected chi connectivity index (χ1v) is 16.9. The molecular weight excluding hydrogens is 562 g/mol. The first-order valence-electron chi connectivity index (χ1n) is 16.9. The highest BCUT2D eigenvalue weighted by Gasteiger charge is 2.51. The molecule has 3 fully saturated rings. The van der Waals surface area contributed by atoms with E-state index in [9.17, 15) is 14.7 Å². The summed E-state index contributed by atoms with van der Waals surface area (Å²) in [6, 6.07) is -0.115. The molecule has 0 unspecified atom stereocenters. The van der Waals surface area contributed by atoms with E-state index in [2.05, 4.69) is 23.8 Å². The van der Waals surface area contributed by atoms with Gasteiger partial charge in [0.05, 0.1) is 17.8 Å². The van der Waals surface area contributed by atoms with Crippen LogP contribution < -0.4 is 0 Å². The zero-order valence-corrected chi connectivity index (χ0v) is 29.3. The molecule has 0 spiro atoms. The fourth-order valence-electron chi connectivity index (χ4n) is 7.63. The summed E-state index contributed by atoms with van der Waals surface area (Å²) in [5.41, 5.74) is -2.29. The highest BCUT2D eigenvalue weighted by atomic mass is 16.7. The van der Waals surface area contributed by atoms with Crippen molar-refractivity contribution < 1.29 is 33.6 Å². The van der Waals surface area contributed by atoms with Crippen molar-refractivity contribution in [2.24, 2.45) is 17.3 Å². The molecule has 0 bridgehead atoms. The van der Waals surface area contributed by atoms with E-state index in [0.29, 0.717) is 12.8 Å². The van der Waals surface area contributed by atoms with E-state index in [-0.39, 0.29) is 36.5 Å². The molecular formula is C34H63N3O7. The van der Waals surface area contributed by atoms with Gasteiger partial charge in [-0.15, -0.1) is 0 Å².